The van der Waals surface area contributed by atoms with E-state index in [0.717, 1.165) is 32.1 Å². The van der Waals surface area contributed by atoms with Gasteiger partial charge in [0.1, 0.15) is 5.75 Å². The Labute approximate surface area is 261 Å². The molecule has 0 radical (unpaired) electrons. The summed E-state index contributed by atoms with van der Waals surface area (Å²) in [4.78, 5) is 15.4. The molecule has 2 aromatic carbocycles. The van der Waals surface area contributed by atoms with E-state index in [4.69, 9.17) is 16.3 Å². The van der Waals surface area contributed by atoms with Gasteiger partial charge in [-0.1, -0.05) is 30.5 Å². The van der Waals surface area contributed by atoms with Crippen molar-refractivity contribution in [3.8, 4) is 5.75 Å². The number of hydrogen-bond acceptors (Lipinski definition) is 6. The van der Waals surface area contributed by atoms with Crippen LogP contribution >= 0.6 is 11.6 Å². The number of anilines is 1. The number of ether oxygens (including phenoxy) is 1. The molecule has 2 bridgehead atoms. The molecular formula is C32H39ClF3N3O4S. The first kappa shape index (κ1) is 31.5. The maximum absolute atomic E-state index is 13.3. The molecule has 2 N–H and O–H groups in total. The predicted octanol–water partition coefficient (Wildman–Crippen LogP) is 5.99. The van der Waals surface area contributed by atoms with Crippen LogP contribution in [0, 0.1) is 11.8 Å². The van der Waals surface area contributed by atoms with E-state index in [1.54, 1.807) is 18.2 Å². The fourth-order valence-corrected chi connectivity index (χ4v) is 8.97. The number of carbonyl (C=O) groups excluding carboxylic acids is 1. The van der Waals surface area contributed by atoms with Crippen LogP contribution in [0.15, 0.2) is 36.4 Å². The zero-order chi connectivity index (χ0) is 31.1. The van der Waals surface area contributed by atoms with E-state index in [-0.39, 0.29) is 34.6 Å². The average molecular weight is 654 g/mol. The molecule has 1 saturated carbocycles. The van der Waals surface area contributed by atoms with Crippen LogP contribution in [-0.2, 0) is 21.9 Å². The second-order valence-corrected chi connectivity index (χ2v) is 15.3. The number of rotatable bonds is 2. The zero-order valence-electron chi connectivity index (χ0n) is 24.6. The second-order valence-electron chi connectivity index (χ2n) is 13.0. The number of nitrogens with one attached hydrogen (secondary N) is 2. The summed E-state index contributed by atoms with van der Waals surface area (Å²) in [6.07, 6.45) is 2.19. The molecular weight excluding hydrogens is 615 g/mol. The van der Waals surface area contributed by atoms with Gasteiger partial charge in [0.2, 0.25) is 10.0 Å². The van der Waals surface area contributed by atoms with E-state index in [9.17, 15) is 26.4 Å². The lowest BCUT2D eigenvalue weighted by molar-refractivity contribution is -0.128. The fraction of sp³-hybridized carbons (Fsp3) is 0.594. The standard InChI is InChI=1S/C32H39ClF3N3O4S/c33-24-9-11-26-21(15-24)5-4-13-31(26)19-39-17-23-7-10-25(23)27(37-18-32(34,35)36)6-2-1-3-14-44(41,42)38-30(40)22-8-12-29(43-20-31)28(39)16-22/h8-9,11-12,15-16,23,25,27,37H,1-7,10,13-14,17-20H2,(H,38,40)/t23-,25+,27+,31-/m0/s1. The number of alkyl halides is 3. The first-order valence-electron chi connectivity index (χ1n) is 15.6. The van der Waals surface area contributed by atoms with Gasteiger partial charge in [-0.3, -0.25) is 4.79 Å². The number of benzene rings is 2. The molecule has 2 heterocycles. The summed E-state index contributed by atoms with van der Waals surface area (Å²) in [5, 5.41) is 3.50. The minimum absolute atomic E-state index is 0.0569. The Kier molecular flexibility index (Phi) is 8.84. The Bertz CT molecular complexity index is 1500. The van der Waals surface area contributed by atoms with Gasteiger partial charge in [-0.05, 0) is 98.2 Å². The highest BCUT2D eigenvalue weighted by molar-refractivity contribution is 7.90. The van der Waals surface area contributed by atoms with Gasteiger partial charge in [0.25, 0.3) is 5.91 Å². The number of amides is 1. The molecule has 0 unspecified atom stereocenters. The van der Waals surface area contributed by atoms with E-state index in [1.165, 1.54) is 11.1 Å². The smallest absolute Gasteiger partial charge is 0.401 e. The van der Waals surface area contributed by atoms with Crippen LogP contribution in [0.4, 0.5) is 18.9 Å². The van der Waals surface area contributed by atoms with Gasteiger partial charge in [0.15, 0.2) is 0 Å². The number of fused-ring (bicyclic) bond motifs is 4. The number of sulfonamides is 1. The van der Waals surface area contributed by atoms with Crippen LogP contribution in [0.2, 0.25) is 5.02 Å². The quantitative estimate of drug-likeness (QED) is 0.414. The van der Waals surface area contributed by atoms with Gasteiger partial charge in [-0.25, -0.2) is 13.1 Å². The molecule has 4 atom stereocenters. The maximum atomic E-state index is 13.3. The van der Waals surface area contributed by atoms with E-state index in [1.807, 2.05) is 12.1 Å². The number of aryl methyl sites for hydroxylation is 1. The van der Waals surface area contributed by atoms with Crippen molar-refractivity contribution in [1.82, 2.24) is 10.0 Å². The molecule has 2 aromatic rings. The Morgan fingerprint density at radius 2 is 1.91 bits per heavy atom. The minimum atomic E-state index is -4.32. The molecule has 1 spiro atoms. The summed E-state index contributed by atoms with van der Waals surface area (Å²) in [5.41, 5.74) is 2.94. The topological polar surface area (TPSA) is 87.7 Å². The molecule has 1 fully saturated rings. The van der Waals surface area contributed by atoms with Gasteiger partial charge < -0.3 is 15.0 Å². The monoisotopic (exact) mass is 653 g/mol. The van der Waals surface area contributed by atoms with Gasteiger partial charge in [0.05, 0.1) is 24.6 Å². The second kappa shape index (κ2) is 12.4. The molecule has 6 rings (SSSR count). The minimum Gasteiger partial charge on any atom is -0.490 e. The first-order chi connectivity index (χ1) is 20.9. The van der Waals surface area contributed by atoms with Crippen molar-refractivity contribution < 1.29 is 31.1 Å². The molecule has 1 amide bonds. The van der Waals surface area contributed by atoms with Gasteiger partial charge in [-0.2, -0.15) is 13.2 Å². The van der Waals surface area contributed by atoms with Crippen LogP contribution < -0.4 is 19.7 Å². The van der Waals surface area contributed by atoms with E-state index >= 15 is 0 Å². The summed E-state index contributed by atoms with van der Waals surface area (Å²) < 4.78 is 74.0. The maximum Gasteiger partial charge on any atom is 0.401 e. The third-order valence-corrected chi connectivity index (χ3v) is 11.5. The zero-order valence-corrected chi connectivity index (χ0v) is 26.2. The molecule has 240 valence electrons. The Hall–Kier alpha value is -2.50. The Morgan fingerprint density at radius 3 is 2.68 bits per heavy atom. The first-order valence-corrected chi connectivity index (χ1v) is 17.6. The van der Waals surface area contributed by atoms with E-state index < -0.39 is 28.7 Å². The highest BCUT2D eigenvalue weighted by Crippen LogP contribution is 2.47. The van der Waals surface area contributed by atoms with Crippen LogP contribution in [0.5, 0.6) is 5.75 Å². The highest BCUT2D eigenvalue weighted by atomic mass is 35.5. The number of hydrogen-bond donors (Lipinski definition) is 2. The lowest BCUT2D eigenvalue weighted by Gasteiger charge is -2.47. The third-order valence-electron chi connectivity index (χ3n) is 9.99. The number of carbonyl (C=O) groups is 1. The molecule has 0 saturated heterocycles. The number of halogens is 4. The molecule has 12 heteroatoms. The van der Waals surface area contributed by atoms with Gasteiger partial charge >= 0.3 is 6.18 Å². The summed E-state index contributed by atoms with van der Waals surface area (Å²) in [5.74, 6) is -0.0952. The lowest BCUT2D eigenvalue weighted by atomic mass is 9.67. The average Bonchev–Trinajstić information content (AvgIpc) is 3.09. The van der Waals surface area contributed by atoms with E-state index in [0.29, 0.717) is 61.8 Å². The molecule has 2 aliphatic heterocycles. The third kappa shape index (κ3) is 6.84. The normalized spacial score (nSPS) is 29.0. The largest absolute Gasteiger partial charge is 0.490 e. The van der Waals surface area contributed by atoms with Crippen molar-refractivity contribution in [2.45, 2.75) is 75.4 Å². The fourth-order valence-electron chi connectivity index (χ4n) is 7.69. The summed E-state index contributed by atoms with van der Waals surface area (Å²) >= 11 is 6.37. The summed E-state index contributed by atoms with van der Waals surface area (Å²) in [6.45, 7) is 0.573. The lowest BCUT2D eigenvalue weighted by Crippen LogP contribution is -2.52. The van der Waals surface area contributed by atoms with Crippen LogP contribution in [-0.4, -0.2) is 58.5 Å². The van der Waals surface area contributed by atoms with Crippen molar-refractivity contribution in [3.63, 3.8) is 0 Å². The molecule has 0 aromatic heterocycles. The van der Waals surface area contributed by atoms with Crippen molar-refractivity contribution in [3.05, 3.63) is 58.1 Å². The molecule has 7 nitrogen and oxygen atoms in total. The van der Waals surface area contributed by atoms with Crippen LogP contribution in [0.3, 0.4) is 0 Å². The van der Waals surface area contributed by atoms with E-state index in [2.05, 4.69) is 21.0 Å². The van der Waals surface area contributed by atoms with Crippen molar-refractivity contribution in [2.75, 3.05) is 36.9 Å². The van der Waals surface area contributed by atoms with Gasteiger partial charge in [0, 0.05) is 35.1 Å². The van der Waals surface area contributed by atoms with Gasteiger partial charge in [-0.15, -0.1) is 0 Å². The predicted molar refractivity (Wildman–Crippen MR) is 164 cm³/mol. The van der Waals surface area contributed by atoms with Crippen LogP contribution in [0.25, 0.3) is 0 Å². The summed E-state index contributed by atoms with van der Waals surface area (Å²) in [6, 6.07) is 10.7. The molecule has 2 aliphatic carbocycles. The number of nitrogens with zero attached hydrogens (tertiary/aromatic N) is 1. The molecule has 44 heavy (non-hydrogen) atoms. The van der Waals surface area contributed by atoms with Crippen molar-refractivity contribution >= 4 is 33.2 Å². The highest BCUT2D eigenvalue weighted by Gasteiger charge is 2.45. The van der Waals surface area contributed by atoms with Crippen LogP contribution in [0.1, 0.15) is 72.9 Å². The van der Waals surface area contributed by atoms with Crippen molar-refractivity contribution in [2.24, 2.45) is 11.8 Å². The Balaban J connectivity index is 1.38. The summed E-state index contributed by atoms with van der Waals surface area (Å²) in [7, 11) is -3.88. The SMILES string of the molecule is O=C1NS(=O)(=O)CCCCC[C@@H](NCC(F)(F)F)[C@@H]2CC[C@H]2CN2C[C@@]3(CCCc4cc(Cl)ccc43)COc3ccc1cc32. The molecule has 4 aliphatic rings. The van der Waals surface area contributed by atoms with Crippen molar-refractivity contribution in [1.29, 1.82) is 0 Å². The Morgan fingerprint density at radius 1 is 1.07 bits per heavy atom.